The zero-order chi connectivity index (χ0) is 12.8. The van der Waals surface area contributed by atoms with E-state index in [9.17, 15) is 9.90 Å². The summed E-state index contributed by atoms with van der Waals surface area (Å²) in [7, 11) is 0. The number of aliphatic hydroxyl groups excluding tert-OH is 1. The van der Waals surface area contributed by atoms with Gasteiger partial charge in [0.2, 0.25) is 0 Å². The molecule has 0 saturated heterocycles. The smallest absolute Gasteiger partial charge is 0.308 e. The maximum Gasteiger partial charge on any atom is 0.308 e. The maximum absolute atomic E-state index is 11.4. The van der Waals surface area contributed by atoms with E-state index in [1.165, 1.54) is 0 Å². The van der Waals surface area contributed by atoms with Gasteiger partial charge in [0.1, 0.15) is 5.60 Å². The summed E-state index contributed by atoms with van der Waals surface area (Å²) in [5, 5.41) is 9.68. The van der Waals surface area contributed by atoms with Crippen LogP contribution in [-0.2, 0) is 9.53 Å². The number of esters is 1. The standard InChI is InChI=1S/C11H23NO3S/c1-11(2,3)15-10(14)7-9(13)8(12)5-6-16-4/h8-9,13H,5-7,12H2,1-4H3/t8-,9-/m0/s1. The summed E-state index contributed by atoms with van der Waals surface area (Å²) in [5.41, 5.74) is 5.23. The number of hydrogen-bond acceptors (Lipinski definition) is 5. The van der Waals surface area contributed by atoms with Crippen LogP contribution in [0.2, 0.25) is 0 Å². The second-order valence-electron chi connectivity index (χ2n) is 4.80. The average Bonchev–Trinajstić information content (AvgIpc) is 2.10. The summed E-state index contributed by atoms with van der Waals surface area (Å²) in [6.45, 7) is 5.39. The molecule has 0 heterocycles. The van der Waals surface area contributed by atoms with Gasteiger partial charge in [0.05, 0.1) is 12.5 Å². The molecular weight excluding hydrogens is 226 g/mol. The molecule has 0 fully saturated rings. The third kappa shape index (κ3) is 7.96. The Morgan fingerprint density at radius 2 is 2.06 bits per heavy atom. The second-order valence-corrected chi connectivity index (χ2v) is 5.79. The number of rotatable bonds is 6. The molecule has 0 unspecified atom stereocenters. The van der Waals surface area contributed by atoms with E-state index in [0.717, 1.165) is 5.75 Å². The summed E-state index contributed by atoms with van der Waals surface area (Å²) in [5.74, 6) is 0.478. The lowest BCUT2D eigenvalue weighted by Gasteiger charge is -2.22. The molecule has 0 bridgehead atoms. The highest BCUT2D eigenvalue weighted by molar-refractivity contribution is 7.98. The van der Waals surface area contributed by atoms with E-state index in [1.807, 2.05) is 6.26 Å². The molecule has 16 heavy (non-hydrogen) atoms. The van der Waals surface area contributed by atoms with Crippen molar-refractivity contribution >= 4 is 17.7 Å². The zero-order valence-corrected chi connectivity index (χ0v) is 11.3. The number of hydrogen-bond donors (Lipinski definition) is 2. The van der Waals surface area contributed by atoms with Crippen LogP contribution >= 0.6 is 11.8 Å². The lowest BCUT2D eigenvalue weighted by molar-refractivity contribution is -0.157. The average molecular weight is 249 g/mol. The maximum atomic E-state index is 11.4. The van der Waals surface area contributed by atoms with Gasteiger partial charge < -0.3 is 15.6 Å². The molecule has 0 aromatic heterocycles. The number of thioether (sulfide) groups is 1. The molecule has 3 N–H and O–H groups in total. The SMILES string of the molecule is CSCC[C@H](N)[C@@H](O)CC(=O)OC(C)(C)C. The molecular formula is C11H23NO3S. The van der Waals surface area contributed by atoms with Crippen LogP contribution in [0.1, 0.15) is 33.6 Å². The van der Waals surface area contributed by atoms with E-state index in [4.69, 9.17) is 10.5 Å². The highest BCUT2D eigenvalue weighted by Gasteiger charge is 2.22. The number of carbonyl (C=O) groups excluding carboxylic acids is 1. The Balaban J connectivity index is 3.94. The normalized spacial score (nSPS) is 15.6. The fourth-order valence-electron chi connectivity index (χ4n) is 1.15. The van der Waals surface area contributed by atoms with Crippen molar-refractivity contribution in [1.29, 1.82) is 0 Å². The van der Waals surface area contributed by atoms with Gasteiger partial charge in [-0.3, -0.25) is 4.79 Å². The molecule has 0 spiro atoms. The molecule has 0 rings (SSSR count). The van der Waals surface area contributed by atoms with E-state index in [1.54, 1.807) is 32.5 Å². The Hall–Kier alpha value is -0.260. The minimum Gasteiger partial charge on any atom is -0.460 e. The molecule has 0 aliphatic rings. The van der Waals surface area contributed by atoms with E-state index in [-0.39, 0.29) is 12.5 Å². The third-order valence-corrected chi connectivity index (χ3v) is 2.59. The van der Waals surface area contributed by atoms with Crippen molar-refractivity contribution in [1.82, 2.24) is 0 Å². The number of nitrogens with two attached hydrogens (primary N) is 1. The summed E-state index contributed by atoms with van der Waals surface area (Å²) in [6, 6.07) is -0.361. The Kier molecular flexibility index (Phi) is 7.03. The quantitative estimate of drug-likeness (QED) is 0.691. The van der Waals surface area contributed by atoms with Crippen molar-refractivity contribution in [2.45, 2.75) is 51.4 Å². The Morgan fingerprint density at radius 1 is 1.50 bits per heavy atom. The first kappa shape index (κ1) is 15.7. The van der Waals surface area contributed by atoms with Gasteiger partial charge in [-0.05, 0) is 39.2 Å². The van der Waals surface area contributed by atoms with Gasteiger partial charge in [-0.25, -0.2) is 0 Å². The van der Waals surface area contributed by atoms with Gasteiger partial charge in [0, 0.05) is 6.04 Å². The molecule has 0 saturated carbocycles. The molecule has 0 amide bonds. The van der Waals surface area contributed by atoms with Gasteiger partial charge in [-0.1, -0.05) is 0 Å². The Labute approximate surface area is 102 Å². The molecule has 4 nitrogen and oxygen atoms in total. The van der Waals surface area contributed by atoms with Crippen LogP contribution in [0.4, 0.5) is 0 Å². The molecule has 0 aliphatic carbocycles. The summed E-state index contributed by atoms with van der Waals surface area (Å²) in [6.07, 6.45) is 1.83. The van der Waals surface area contributed by atoms with Gasteiger partial charge in [0.25, 0.3) is 0 Å². The largest absolute Gasteiger partial charge is 0.460 e. The van der Waals surface area contributed by atoms with Gasteiger partial charge in [-0.2, -0.15) is 11.8 Å². The Bertz CT molecular complexity index is 216. The predicted octanol–water partition coefficient (Wildman–Crippen LogP) is 1.16. The van der Waals surface area contributed by atoms with E-state index >= 15 is 0 Å². The van der Waals surface area contributed by atoms with Gasteiger partial charge in [0.15, 0.2) is 0 Å². The first-order valence-electron chi connectivity index (χ1n) is 5.40. The summed E-state index contributed by atoms with van der Waals surface area (Å²) < 4.78 is 5.10. The molecule has 0 aromatic carbocycles. The van der Waals surface area contributed by atoms with Crippen LogP contribution in [0.25, 0.3) is 0 Å². The topological polar surface area (TPSA) is 72.5 Å². The van der Waals surface area contributed by atoms with Crippen LogP contribution < -0.4 is 5.73 Å². The van der Waals surface area contributed by atoms with Crippen LogP contribution in [0, 0.1) is 0 Å². The van der Waals surface area contributed by atoms with Crippen molar-refractivity contribution < 1.29 is 14.6 Å². The number of carbonyl (C=O) groups is 1. The molecule has 0 aliphatic heterocycles. The fourth-order valence-corrected chi connectivity index (χ4v) is 1.66. The molecule has 0 radical (unpaired) electrons. The van der Waals surface area contributed by atoms with Crippen LogP contribution in [0.5, 0.6) is 0 Å². The van der Waals surface area contributed by atoms with Crippen molar-refractivity contribution in [3.8, 4) is 0 Å². The predicted molar refractivity (Wildman–Crippen MR) is 67.4 cm³/mol. The number of aliphatic hydroxyl groups is 1. The third-order valence-electron chi connectivity index (χ3n) is 1.95. The molecule has 5 heteroatoms. The van der Waals surface area contributed by atoms with Crippen molar-refractivity contribution in [3.05, 3.63) is 0 Å². The van der Waals surface area contributed by atoms with E-state index in [2.05, 4.69) is 0 Å². The summed E-state index contributed by atoms with van der Waals surface area (Å²) in [4.78, 5) is 11.4. The zero-order valence-electron chi connectivity index (χ0n) is 10.5. The van der Waals surface area contributed by atoms with Crippen LogP contribution in [0.15, 0.2) is 0 Å². The first-order chi connectivity index (χ1) is 7.26. The minimum atomic E-state index is -0.818. The van der Waals surface area contributed by atoms with Crippen molar-refractivity contribution in [3.63, 3.8) is 0 Å². The van der Waals surface area contributed by atoms with Crippen LogP contribution in [-0.4, -0.2) is 40.8 Å². The van der Waals surface area contributed by atoms with E-state index < -0.39 is 17.7 Å². The van der Waals surface area contributed by atoms with Gasteiger partial charge in [-0.15, -0.1) is 0 Å². The molecule has 96 valence electrons. The van der Waals surface area contributed by atoms with E-state index in [0.29, 0.717) is 6.42 Å². The highest BCUT2D eigenvalue weighted by Crippen LogP contribution is 2.11. The lowest BCUT2D eigenvalue weighted by Crippen LogP contribution is -2.38. The highest BCUT2D eigenvalue weighted by atomic mass is 32.2. The van der Waals surface area contributed by atoms with Crippen molar-refractivity contribution in [2.75, 3.05) is 12.0 Å². The van der Waals surface area contributed by atoms with Crippen molar-refractivity contribution in [2.24, 2.45) is 5.73 Å². The number of ether oxygens (including phenoxy) is 1. The monoisotopic (exact) mass is 249 g/mol. The first-order valence-corrected chi connectivity index (χ1v) is 6.80. The minimum absolute atomic E-state index is 0.0349. The fraction of sp³-hybridized carbons (Fsp3) is 0.909. The van der Waals surface area contributed by atoms with Gasteiger partial charge >= 0.3 is 5.97 Å². The molecule has 0 aromatic rings. The Morgan fingerprint density at radius 3 is 2.50 bits per heavy atom. The second kappa shape index (κ2) is 7.14. The molecule has 2 atom stereocenters. The summed E-state index contributed by atoms with van der Waals surface area (Å²) >= 11 is 1.67. The van der Waals surface area contributed by atoms with Crippen LogP contribution in [0.3, 0.4) is 0 Å². The lowest BCUT2D eigenvalue weighted by atomic mass is 10.1.